The number of esters is 1. The van der Waals surface area contributed by atoms with Gasteiger partial charge in [0.2, 0.25) is 5.28 Å². The number of amides is 4. The molecule has 120 heavy (non-hydrogen) atoms. The summed E-state index contributed by atoms with van der Waals surface area (Å²) < 4.78 is 46.5. The maximum absolute atomic E-state index is 12.0. The van der Waals surface area contributed by atoms with E-state index in [0.717, 1.165) is 51.3 Å². The number of aliphatic hydroxyl groups is 4. The second-order valence-corrected chi connectivity index (χ2v) is 38.0. The number of nitrogens with one attached hydrogen (secondary N) is 1. The summed E-state index contributed by atoms with van der Waals surface area (Å²) >= 11 is 50.5. The van der Waals surface area contributed by atoms with Crippen LogP contribution in [0.1, 0.15) is 167 Å². The average Bonchev–Trinajstić information content (AvgIpc) is 1.70. The van der Waals surface area contributed by atoms with Gasteiger partial charge in [-0.05, 0) is 218 Å². The van der Waals surface area contributed by atoms with Crippen LogP contribution in [0.3, 0.4) is 0 Å². The van der Waals surface area contributed by atoms with E-state index in [9.17, 15) is 44.1 Å². The molecule has 654 valence electrons. The number of nitrogens with zero attached hydrogens (tertiary/aromatic N) is 8. The highest BCUT2D eigenvalue weighted by atomic mass is 79.9. The number of Topliss-reactive ketones (excluding diaryl/α,β-unsaturated/α-hetero) is 1. The summed E-state index contributed by atoms with van der Waals surface area (Å²) in [6.07, 6.45) is -0.309. The lowest BCUT2D eigenvalue weighted by molar-refractivity contribution is -0.154. The largest absolute Gasteiger partial charge is 0.457 e. The SMILES string of the molecule is CC(C)(C)OC(=O)N1CC(=O)C1.CC(C)(C)OC(=O)N1CC(O)(c2ccc(Cl)cc2CCl)C1.CC(C)(C)OC(=O)N1CC(O)(c2ccc(Cl)cc2CO)C1.CC(C)(C)OC(=O)N1CC2(C1)OCc1cc(Cl)ccc12.CC[C@H]1O[C@@H](n2ncc3c(Cl)nc(Cl)nc32)[C@H](OC(C)=O)[C@@H]1C.Clc1ccc2c(c1)COC21CNC1.OCc1cc(Cl)ccc1Br. The summed E-state index contributed by atoms with van der Waals surface area (Å²) in [6, 6.07) is 27.3. The molecule has 8 aliphatic rings. The molecule has 8 aliphatic heterocycles. The Hall–Kier alpha value is -6.65. The Morgan fingerprint density at radius 2 is 0.958 bits per heavy atom. The number of ether oxygens (including phenoxy) is 8. The molecule has 4 amide bonds. The summed E-state index contributed by atoms with van der Waals surface area (Å²) in [5.41, 5.74) is 3.99. The van der Waals surface area contributed by atoms with E-state index in [2.05, 4.69) is 42.4 Å². The first kappa shape index (κ1) is 97.2. The van der Waals surface area contributed by atoms with Gasteiger partial charge in [0.05, 0.1) is 96.5 Å². The van der Waals surface area contributed by atoms with E-state index < -0.39 is 64.2 Å². The van der Waals surface area contributed by atoms with Crippen molar-refractivity contribution < 1.29 is 87.1 Å². The lowest BCUT2D eigenvalue weighted by Crippen LogP contribution is -2.62. The monoisotopic (exact) mass is 1880 g/mol. The first-order valence-corrected chi connectivity index (χ1v) is 42.5. The Labute approximate surface area is 746 Å². The van der Waals surface area contributed by atoms with Crippen LogP contribution in [0.4, 0.5) is 19.2 Å². The van der Waals surface area contributed by atoms with Crippen molar-refractivity contribution in [3.05, 3.63) is 187 Å². The Bertz CT molecular complexity index is 4750. The van der Waals surface area contributed by atoms with E-state index in [1.807, 2.05) is 91.8 Å². The number of rotatable bonds is 8. The van der Waals surface area contributed by atoms with Crippen molar-refractivity contribution >= 4 is 156 Å². The summed E-state index contributed by atoms with van der Waals surface area (Å²) in [7, 11) is 0. The molecular weight excluding hydrogens is 1790 g/mol. The zero-order chi connectivity index (χ0) is 88.7. The molecule has 0 radical (unpaired) electrons. The number of alkyl halides is 1. The number of aromatic nitrogens is 4. The lowest BCUT2D eigenvalue weighted by atomic mass is 9.83. The Morgan fingerprint density at radius 3 is 1.37 bits per heavy atom. The van der Waals surface area contributed by atoms with Crippen molar-refractivity contribution in [3.8, 4) is 0 Å². The average molecular weight is 1890 g/mol. The minimum atomic E-state index is -1.17. The minimum absolute atomic E-state index is 0.0150. The van der Waals surface area contributed by atoms with Gasteiger partial charge < -0.3 is 78.3 Å². The zero-order valence-corrected chi connectivity index (χ0v) is 77.0. The maximum atomic E-state index is 12.0. The van der Waals surface area contributed by atoms with Gasteiger partial charge in [-0.1, -0.05) is 124 Å². The van der Waals surface area contributed by atoms with E-state index in [4.69, 9.17) is 136 Å². The summed E-state index contributed by atoms with van der Waals surface area (Å²) in [6.45, 7) is 32.2. The number of halogens is 9. The molecule has 0 unspecified atom stereocenters. The van der Waals surface area contributed by atoms with Crippen LogP contribution in [-0.2, 0) is 102 Å². The highest BCUT2D eigenvalue weighted by Crippen LogP contribution is 2.46. The van der Waals surface area contributed by atoms with Crippen molar-refractivity contribution in [3.63, 3.8) is 0 Å². The quantitative estimate of drug-likeness (QED) is 0.0310. The fraction of sp³-hybridized carbons (Fsp3) is 0.512. The van der Waals surface area contributed by atoms with Gasteiger partial charge >= 0.3 is 30.3 Å². The number of hydrogen-bond donors (Lipinski definition) is 5. The maximum Gasteiger partial charge on any atom is 0.411 e. The van der Waals surface area contributed by atoms with Crippen molar-refractivity contribution in [2.75, 3.05) is 65.4 Å². The molecule has 0 aliphatic carbocycles. The summed E-state index contributed by atoms with van der Waals surface area (Å²) in [4.78, 5) is 82.9. The molecule has 0 saturated carbocycles. The second-order valence-electron chi connectivity index (χ2n) is 34.0. The smallest absolute Gasteiger partial charge is 0.411 e. The van der Waals surface area contributed by atoms with E-state index in [0.29, 0.717) is 74.1 Å². The zero-order valence-electron chi connectivity index (χ0n) is 69.3. The molecule has 0 bridgehead atoms. The van der Waals surface area contributed by atoms with Gasteiger partial charge in [0.1, 0.15) is 50.0 Å². The van der Waals surface area contributed by atoms with Crippen molar-refractivity contribution in [2.24, 2.45) is 5.92 Å². The van der Waals surface area contributed by atoms with Crippen LogP contribution >= 0.6 is 109 Å². The van der Waals surface area contributed by atoms with Crippen LogP contribution in [0.25, 0.3) is 11.0 Å². The van der Waals surface area contributed by atoms with Crippen LogP contribution in [0, 0.1) is 5.92 Å². The van der Waals surface area contributed by atoms with Crippen LogP contribution < -0.4 is 5.32 Å². The number of hydrogen-bond acceptors (Lipinski definition) is 22. The predicted octanol–water partition coefficient (Wildman–Crippen LogP) is 17.2. The van der Waals surface area contributed by atoms with Gasteiger partial charge in [-0.3, -0.25) is 14.5 Å². The molecule has 5 aromatic carbocycles. The first-order chi connectivity index (χ1) is 55.9. The van der Waals surface area contributed by atoms with Gasteiger partial charge in [0.25, 0.3) is 0 Å². The van der Waals surface area contributed by atoms with Crippen molar-refractivity contribution in [1.82, 2.24) is 44.7 Å². The molecule has 2 aromatic heterocycles. The van der Waals surface area contributed by atoms with Gasteiger partial charge in [-0.25, -0.2) is 28.8 Å². The first-order valence-electron chi connectivity index (χ1n) is 38.6. The molecule has 10 heterocycles. The number of aliphatic hydroxyl groups excluding tert-OH is 2. The van der Waals surface area contributed by atoms with Crippen LogP contribution in [-0.4, -0.2) is 196 Å². The van der Waals surface area contributed by atoms with Gasteiger partial charge in [0, 0.05) is 61.4 Å². The third kappa shape index (κ3) is 24.9. The molecule has 6 fully saturated rings. The molecule has 6 saturated heterocycles. The van der Waals surface area contributed by atoms with Gasteiger partial charge in [-0.2, -0.15) is 10.1 Å². The number of fused-ring (bicyclic) bond motifs is 5. The highest BCUT2D eigenvalue weighted by molar-refractivity contribution is 9.10. The fourth-order valence-corrected chi connectivity index (χ4v) is 15.9. The Morgan fingerprint density at radius 1 is 0.558 bits per heavy atom. The molecule has 2 spiro atoms. The molecule has 5 N–H and O–H groups in total. The summed E-state index contributed by atoms with van der Waals surface area (Å²) in [5, 5.41) is 50.9. The second kappa shape index (κ2) is 39.7. The standard InChI is InChI=1S/C15H19Cl2NO3.C15H20ClNO4.C15H18ClNO3.C14H16Cl2N4O3.C10H10ClNO.C8H13NO3.C7H6BrClO/c1-14(2,3)21-13(19)18-8-15(20,9-18)12-5-4-11(17)6-10(12)7-16;1-14(2,3)21-13(19)17-8-15(20,9-17)12-5-4-11(16)6-10(12)7-18;1-14(2,3)20-13(18)17-8-15(9-17)12-5-4-11(16)6-10(12)7-19-15;1-4-9-6(2)10(22-7(3)21)13(23-9)20-12-8(5-17-20)11(15)18-14(16)19-12;11-8-1-2-9-7(3-8)4-13-10(9)5-12-6-10;1-8(2,3)12-7(11)9-4-6(10)5-9;8-7-2-1-6(9)3-5(7)4-10/h4-6,20H,7-9H2,1-3H3;4-6,18,20H,7-9H2,1-3H3;4-6H,7-9H2,1-3H3;5-6,9-10,13H,4H2,1-3H3;1-3,12H,4-6H2;4-5H2,1-3H3;1-3,10H,4H2/t;;;6-,9-,10-,13-;;;/m...1.../s1. The molecule has 27 nitrogen and oxygen atoms in total. The highest BCUT2D eigenvalue weighted by Gasteiger charge is 2.54. The van der Waals surface area contributed by atoms with E-state index in [1.54, 1.807) is 106 Å². The van der Waals surface area contributed by atoms with Crippen LogP contribution in [0.5, 0.6) is 0 Å². The summed E-state index contributed by atoms with van der Waals surface area (Å²) in [5.74, 6) is 0.00104. The number of likely N-dealkylation sites (tertiary alicyclic amines) is 4. The van der Waals surface area contributed by atoms with Gasteiger partial charge in [0.15, 0.2) is 23.8 Å². The normalized spacial score (nSPS) is 19.6. The molecule has 7 aromatic rings. The van der Waals surface area contributed by atoms with E-state index in [-0.39, 0.29) is 110 Å². The third-order valence-electron chi connectivity index (χ3n) is 19.6. The number of carbonyl (C=O) groups is 6. The molecular formula is C84H102BrCl8N9O18. The van der Waals surface area contributed by atoms with Crippen LogP contribution in [0.15, 0.2) is 102 Å². The molecule has 4 atom stereocenters. The van der Waals surface area contributed by atoms with Crippen molar-refractivity contribution in [2.45, 2.75) is 206 Å². The number of β-amino-alcohol motifs (C(OH)–C–C–N with tert-alkyl or cyclic N) is 2. The van der Waals surface area contributed by atoms with Crippen LogP contribution in [0.2, 0.25) is 35.5 Å². The number of ketones is 1. The fourth-order valence-electron chi connectivity index (χ4n) is 13.9. The molecule has 36 heteroatoms. The van der Waals surface area contributed by atoms with Gasteiger partial charge in [-0.15, -0.1) is 11.6 Å². The topological polar surface area (TPSA) is 326 Å². The number of benzene rings is 5. The lowest BCUT2D eigenvalue weighted by Gasteiger charge is -2.47. The predicted molar refractivity (Wildman–Crippen MR) is 460 cm³/mol. The Balaban J connectivity index is 0.000000162. The number of carbonyl (C=O) groups excluding carboxylic acids is 6. The Kier molecular flexibility index (Phi) is 32.1. The van der Waals surface area contributed by atoms with E-state index >= 15 is 0 Å². The minimum Gasteiger partial charge on any atom is -0.457 e. The van der Waals surface area contributed by atoms with Crippen molar-refractivity contribution in [1.29, 1.82) is 0 Å². The van der Waals surface area contributed by atoms with E-state index in [1.165, 1.54) is 32.8 Å². The molecule has 15 rings (SSSR count). The third-order valence-corrected chi connectivity index (χ3v) is 22.3.